The van der Waals surface area contributed by atoms with Crippen molar-refractivity contribution in [2.24, 2.45) is 5.92 Å². The molecule has 1 unspecified atom stereocenters. The SMILES string of the molecule is CCc1ccc(CCC(Cl)C2CC2)s1. The van der Waals surface area contributed by atoms with Gasteiger partial charge in [-0.05, 0) is 50.2 Å². The highest BCUT2D eigenvalue weighted by atomic mass is 35.5. The molecule has 0 radical (unpaired) electrons. The molecule has 1 aliphatic carbocycles. The van der Waals surface area contributed by atoms with E-state index in [1.165, 1.54) is 29.0 Å². The highest BCUT2D eigenvalue weighted by Gasteiger charge is 2.29. The monoisotopic (exact) mass is 228 g/mol. The van der Waals surface area contributed by atoms with E-state index in [9.17, 15) is 0 Å². The van der Waals surface area contributed by atoms with Crippen LogP contribution in [-0.2, 0) is 12.8 Å². The van der Waals surface area contributed by atoms with E-state index in [0.717, 1.165) is 18.8 Å². The topological polar surface area (TPSA) is 0 Å². The summed E-state index contributed by atoms with van der Waals surface area (Å²) in [7, 11) is 0. The Morgan fingerprint density at radius 2 is 2.14 bits per heavy atom. The molecule has 0 bridgehead atoms. The molecule has 0 nitrogen and oxygen atoms in total. The molecule has 0 amide bonds. The van der Waals surface area contributed by atoms with E-state index >= 15 is 0 Å². The van der Waals surface area contributed by atoms with E-state index in [1.54, 1.807) is 0 Å². The minimum Gasteiger partial charge on any atom is -0.145 e. The molecule has 1 aromatic heterocycles. The summed E-state index contributed by atoms with van der Waals surface area (Å²) in [6.07, 6.45) is 6.22. The van der Waals surface area contributed by atoms with Gasteiger partial charge in [0.2, 0.25) is 0 Å². The van der Waals surface area contributed by atoms with Crippen LogP contribution in [0.2, 0.25) is 0 Å². The second kappa shape index (κ2) is 4.67. The van der Waals surface area contributed by atoms with Gasteiger partial charge in [-0.1, -0.05) is 6.92 Å². The molecule has 2 rings (SSSR count). The van der Waals surface area contributed by atoms with Gasteiger partial charge in [-0.2, -0.15) is 0 Å². The Kier molecular flexibility index (Phi) is 3.51. The number of rotatable bonds is 5. The number of hydrogen-bond donors (Lipinski definition) is 0. The van der Waals surface area contributed by atoms with Crippen LogP contribution < -0.4 is 0 Å². The maximum atomic E-state index is 6.27. The average molecular weight is 229 g/mol. The molecule has 0 saturated heterocycles. The van der Waals surface area contributed by atoms with Gasteiger partial charge in [-0.25, -0.2) is 0 Å². The number of thiophene rings is 1. The smallest absolute Gasteiger partial charge is 0.0367 e. The van der Waals surface area contributed by atoms with Gasteiger partial charge in [0.1, 0.15) is 0 Å². The molecule has 1 aliphatic rings. The standard InChI is InChI=1S/C12H17ClS/c1-2-10-5-6-11(14-10)7-8-12(13)9-3-4-9/h5-6,9,12H,2-4,7-8H2,1H3. The molecular weight excluding hydrogens is 212 g/mol. The third-order valence-electron chi connectivity index (χ3n) is 2.87. The summed E-state index contributed by atoms with van der Waals surface area (Å²) < 4.78 is 0. The van der Waals surface area contributed by atoms with Crippen LogP contribution in [0.3, 0.4) is 0 Å². The molecule has 0 N–H and O–H groups in total. The minimum absolute atomic E-state index is 0.433. The lowest BCUT2D eigenvalue weighted by Crippen LogP contribution is -2.01. The number of aryl methyl sites for hydroxylation is 2. The largest absolute Gasteiger partial charge is 0.145 e. The molecule has 1 fully saturated rings. The number of halogens is 1. The molecule has 2 heteroatoms. The maximum absolute atomic E-state index is 6.27. The molecule has 1 aromatic rings. The van der Waals surface area contributed by atoms with Crippen molar-refractivity contribution < 1.29 is 0 Å². The Morgan fingerprint density at radius 1 is 1.43 bits per heavy atom. The van der Waals surface area contributed by atoms with Crippen LogP contribution in [0.1, 0.15) is 35.9 Å². The third-order valence-corrected chi connectivity index (χ3v) is 4.73. The van der Waals surface area contributed by atoms with Crippen molar-refractivity contribution in [1.29, 1.82) is 0 Å². The van der Waals surface area contributed by atoms with E-state index < -0.39 is 0 Å². The molecule has 0 spiro atoms. The number of hydrogen-bond acceptors (Lipinski definition) is 1. The zero-order valence-corrected chi connectivity index (χ0v) is 10.2. The van der Waals surface area contributed by atoms with Crippen molar-refractivity contribution in [1.82, 2.24) is 0 Å². The fraction of sp³-hybridized carbons (Fsp3) is 0.667. The van der Waals surface area contributed by atoms with E-state index in [-0.39, 0.29) is 0 Å². The summed E-state index contributed by atoms with van der Waals surface area (Å²) in [5, 5.41) is 0.433. The van der Waals surface area contributed by atoms with Crippen LogP contribution in [0, 0.1) is 5.92 Å². The van der Waals surface area contributed by atoms with Gasteiger partial charge in [0.25, 0.3) is 0 Å². The first-order chi connectivity index (χ1) is 6.79. The maximum Gasteiger partial charge on any atom is 0.0367 e. The third kappa shape index (κ3) is 2.74. The molecule has 0 aliphatic heterocycles. The predicted octanol–water partition coefficient (Wildman–Crippen LogP) is 4.26. The molecule has 78 valence electrons. The van der Waals surface area contributed by atoms with Crippen molar-refractivity contribution in [2.45, 2.75) is 44.4 Å². The Balaban J connectivity index is 1.78. The van der Waals surface area contributed by atoms with Crippen molar-refractivity contribution in [3.63, 3.8) is 0 Å². The molecule has 1 heterocycles. The zero-order chi connectivity index (χ0) is 9.97. The molecule has 1 atom stereocenters. The van der Waals surface area contributed by atoms with Gasteiger partial charge >= 0.3 is 0 Å². The predicted molar refractivity (Wildman–Crippen MR) is 64.4 cm³/mol. The Bertz CT molecular complexity index is 288. The van der Waals surface area contributed by atoms with E-state index in [4.69, 9.17) is 11.6 Å². The van der Waals surface area contributed by atoms with Crippen LogP contribution in [0.5, 0.6) is 0 Å². The highest BCUT2D eigenvalue weighted by molar-refractivity contribution is 7.11. The number of alkyl halides is 1. The van der Waals surface area contributed by atoms with E-state index in [1.807, 2.05) is 11.3 Å². The molecule has 1 saturated carbocycles. The highest BCUT2D eigenvalue weighted by Crippen LogP contribution is 2.37. The first kappa shape index (κ1) is 10.5. The normalized spacial score (nSPS) is 18.4. The average Bonchev–Trinajstić information content (AvgIpc) is 2.94. The van der Waals surface area contributed by atoms with Gasteiger partial charge in [0.05, 0.1) is 0 Å². The fourth-order valence-electron chi connectivity index (χ4n) is 1.72. The van der Waals surface area contributed by atoms with Crippen LogP contribution in [0.15, 0.2) is 12.1 Å². The molecule has 14 heavy (non-hydrogen) atoms. The second-order valence-corrected chi connectivity index (χ2v) is 5.93. The first-order valence-electron chi connectivity index (χ1n) is 5.51. The minimum atomic E-state index is 0.433. The Hall–Kier alpha value is -0.0100. The van der Waals surface area contributed by atoms with E-state index in [0.29, 0.717) is 5.38 Å². The summed E-state index contributed by atoms with van der Waals surface area (Å²) in [5.74, 6) is 0.835. The lowest BCUT2D eigenvalue weighted by atomic mass is 10.1. The summed E-state index contributed by atoms with van der Waals surface area (Å²) in [6.45, 7) is 2.21. The van der Waals surface area contributed by atoms with Gasteiger partial charge in [0, 0.05) is 15.1 Å². The van der Waals surface area contributed by atoms with Gasteiger partial charge in [-0.15, -0.1) is 22.9 Å². The van der Waals surface area contributed by atoms with Crippen molar-refractivity contribution in [2.75, 3.05) is 0 Å². The molecule has 0 aromatic carbocycles. The summed E-state index contributed by atoms with van der Waals surface area (Å²) in [5.41, 5.74) is 0. The zero-order valence-electron chi connectivity index (χ0n) is 8.63. The van der Waals surface area contributed by atoms with Crippen LogP contribution in [0.4, 0.5) is 0 Å². The van der Waals surface area contributed by atoms with Gasteiger partial charge in [0.15, 0.2) is 0 Å². The Labute approximate surface area is 95.3 Å². The van der Waals surface area contributed by atoms with Crippen molar-refractivity contribution in [3.05, 3.63) is 21.9 Å². The van der Waals surface area contributed by atoms with Crippen LogP contribution in [-0.4, -0.2) is 5.38 Å². The second-order valence-electron chi connectivity index (χ2n) is 4.11. The summed E-state index contributed by atoms with van der Waals surface area (Å²) in [6, 6.07) is 4.51. The fourth-order valence-corrected chi connectivity index (χ4v) is 3.05. The van der Waals surface area contributed by atoms with E-state index in [2.05, 4.69) is 19.1 Å². The Morgan fingerprint density at radius 3 is 2.71 bits per heavy atom. The summed E-state index contributed by atoms with van der Waals surface area (Å²) in [4.78, 5) is 3.01. The van der Waals surface area contributed by atoms with Gasteiger partial charge < -0.3 is 0 Å². The first-order valence-corrected chi connectivity index (χ1v) is 6.76. The lowest BCUT2D eigenvalue weighted by Gasteiger charge is -2.05. The molecular formula is C12H17ClS. The van der Waals surface area contributed by atoms with Crippen molar-refractivity contribution >= 4 is 22.9 Å². The van der Waals surface area contributed by atoms with Crippen LogP contribution >= 0.6 is 22.9 Å². The van der Waals surface area contributed by atoms with Gasteiger partial charge in [-0.3, -0.25) is 0 Å². The summed E-state index contributed by atoms with van der Waals surface area (Å²) >= 11 is 8.22. The van der Waals surface area contributed by atoms with Crippen molar-refractivity contribution in [3.8, 4) is 0 Å². The quantitative estimate of drug-likeness (QED) is 0.661. The van der Waals surface area contributed by atoms with Crippen LogP contribution in [0.25, 0.3) is 0 Å². The lowest BCUT2D eigenvalue weighted by molar-refractivity contribution is 0.680.